The fourth-order valence-corrected chi connectivity index (χ4v) is 4.04. The average molecular weight is 466 g/mol. The van der Waals surface area contributed by atoms with E-state index < -0.39 is 6.04 Å². The molecule has 1 saturated heterocycles. The zero-order valence-corrected chi connectivity index (χ0v) is 18.9. The maximum atomic E-state index is 13.0. The van der Waals surface area contributed by atoms with E-state index in [1.807, 2.05) is 12.1 Å². The third-order valence-electron chi connectivity index (χ3n) is 5.69. The first-order valence-electron chi connectivity index (χ1n) is 11.1. The normalized spacial score (nSPS) is 17.4. The lowest BCUT2D eigenvalue weighted by molar-refractivity contribution is -0.134. The van der Waals surface area contributed by atoms with Crippen LogP contribution in [0, 0.1) is 0 Å². The van der Waals surface area contributed by atoms with E-state index in [9.17, 15) is 19.2 Å². The van der Waals surface area contributed by atoms with Crippen LogP contribution in [0.2, 0.25) is 0 Å². The molecule has 1 fully saturated rings. The first-order valence-corrected chi connectivity index (χ1v) is 11.1. The van der Waals surface area contributed by atoms with E-state index in [-0.39, 0.29) is 36.6 Å². The van der Waals surface area contributed by atoms with Crippen LogP contribution in [0.3, 0.4) is 0 Å². The minimum atomic E-state index is -0.849. The third kappa shape index (κ3) is 5.52. The van der Waals surface area contributed by atoms with E-state index in [0.717, 1.165) is 0 Å². The molecule has 0 bridgehead atoms. The third-order valence-corrected chi connectivity index (χ3v) is 5.69. The van der Waals surface area contributed by atoms with Crippen molar-refractivity contribution in [3.8, 4) is 0 Å². The van der Waals surface area contributed by atoms with E-state index in [1.54, 1.807) is 46.2 Å². The number of morpholine rings is 1. The Morgan fingerprint density at radius 2 is 1.65 bits per heavy atom. The van der Waals surface area contributed by atoms with Gasteiger partial charge in [-0.1, -0.05) is 12.1 Å². The topological polar surface area (TPSA) is 120 Å². The molecule has 1 atom stereocenters. The highest BCUT2D eigenvalue weighted by Crippen LogP contribution is 2.33. The Hall–Kier alpha value is -3.92. The molecule has 4 rings (SSSR count). The van der Waals surface area contributed by atoms with Gasteiger partial charge >= 0.3 is 0 Å². The van der Waals surface area contributed by atoms with Crippen molar-refractivity contribution < 1.29 is 23.9 Å². The number of benzene rings is 2. The molecule has 0 unspecified atom stereocenters. The Morgan fingerprint density at radius 1 is 1.00 bits per heavy atom. The number of hydrogen-bond donors (Lipinski definition) is 3. The van der Waals surface area contributed by atoms with Gasteiger partial charge in [0.2, 0.25) is 23.6 Å². The summed E-state index contributed by atoms with van der Waals surface area (Å²) in [7, 11) is 0. The molecule has 2 aromatic rings. The number of fused-ring (bicyclic) bond motifs is 1. The molecule has 2 aliphatic heterocycles. The highest BCUT2D eigenvalue weighted by molar-refractivity contribution is 6.07. The van der Waals surface area contributed by atoms with Crippen molar-refractivity contribution in [2.75, 3.05) is 53.7 Å². The molecule has 34 heavy (non-hydrogen) atoms. The second-order valence-corrected chi connectivity index (χ2v) is 8.15. The smallest absolute Gasteiger partial charge is 0.247 e. The maximum Gasteiger partial charge on any atom is 0.247 e. The number of hydrogen-bond acceptors (Lipinski definition) is 6. The summed E-state index contributed by atoms with van der Waals surface area (Å²) in [5.74, 6) is -1.01. The van der Waals surface area contributed by atoms with Crippen molar-refractivity contribution in [3.05, 3.63) is 48.5 Å². The van der Waals surface area contributed by atoms with Gasteiger partial charge in [-0.15, -0.1) is 0 Å². The molecule has 10 nitrogen and oxygen atoms in total. The summed E-state index contributed by atoms with van der Waals surface area (Å²) in [5, 5.41) is 8.29. The quantitative estimate of drug-likeness (QED) is 0.597. The summed E-state index contributed by atoms with van der Waals surface area (Å²) in [4.78, 5) is 53.3. The van der Waals surface area contributed by atoms with Crippen molar-refractivity contribution in [3.63, 3.8) is 0 Å². The Balaban J connectivity index is 1.48. The molecular formula is C24H27N5O5. The van der Waals surface area contributed by atoms with Crippen LogP contribution in [-0.4, -0.2) is 67.4 Å². The zero-order chi connectivity index (χ0) is 24.1. The lowest BCUT2D eigenvalue weighted by Crippen LogP contribution is -2.54. The first-order chi connectivity index (χ1) is 16.4. The summed E-state index contributed by atoms with van der Waals surface area (Å²) in [6.07, 6.45) is -0.135. The number of ether oxygens (including phenoxy) is 1. The zero-order valence-electron chi connectivity index (χ0n) is 18.9. The number of para-hydroxylation sites is 2. The molecule has 2 aliphatic rings. The van der Waals surface area contributed by atoms with Gasteiger partial charge in [0.15, 0.2) is 0 Å². The summed E-state index contributed by atoms with van der Waals surface area (Å²) in [6.45, 7) is 3.36. The molecule has 0 spiro atoms. The molecule has 10 heteroatoms. The second-order valence-electron chi connectivity index (χ2n) is 8.15. The minimum absolute atomic E-state index is 0.0200. The van der Waals surface area contributed by atoms with Gasteiger partial charge in [-0.2, -0.15) is 0 Å². The van der Waals surface area contributed by atoms with Gasteiger partial charge in [0.1, 0.15) is 6.04 Å². The van der Waals surface area contributed by atoms with Crippen LogP contribution < -0.4 is 20.9 Å². The van der Waals surface area contributed by atoms with Gasteiger partial charge in [0, 0.05) is 31.4 Å². The number of nitrogens with one attached hydrogen (secondary N) is 3. The van der Waals surface area contributed by atoms with Gasteiger partial charge in [-0.25, -0.2) is 0 Å². The number of amides is 4. The maximum absolute atomic E-state index is 13.0. The summed E-state index contributed by atoms with van der Waals surface area (Å²) < 4.78 is 5.32. The molecular weight excluding hydrogens is 438 g/mol. The van der Waals surface area contributed by atoms with Crippen molar-refractivity contribution in [2.24, 2.45) is 0 Å². The molecule has 0 aromatic heterocycles. The molecule has 0 aliphatic carbocycles. The average Bonchev–Trinajstić information content (AvgIpc) is 2.82. The lowest BCUT2D eigenvalue weighted by atomic mass is 10.0. The van der Waals surface area contributed by atoms with Crippen LogP contribution in [-0.2, 0) is 23.9 Å². The monoisotopic (exact) mass is 465 g/mol. The van der Waals surface area contributed by atoms with Crippen LogP contribution >= 0.6 is 0 Å². The number of nitrogens with zero attached hydrogens (tertiary/aromatic N) is 2. The van der Waals surface area contributed by atoms with Gasteiger partial charge in [-0.05, 0) is 36.4 Å². The van der Waals surface area contributed by atoms with Gasteiger partial charge < -0.3 is 30.5 Å². The van der Waals surface area contributed by atoms with Crippen molar-refractivity contribution in [1.29, 1.82) is 0 Å². The predicted molar refractivity (Wildman–Crippen MR) is 128 cm³/mol. The molecule has 0 radical (unpaired) electrons. The molecule has 4 amide bonds. The van der Waals surface area contributed by atoms with Crippen LogP contribution in [0.25, 0.3) is 0 Å². The summed E-state index contributed by atoms with van der Waals surface area (Å²) in [5.41, 5.74) is 2.45. The number of carbonyl (C=O) groups is 4. The van der Waals surface area contributed by atoms with Gasteiger partial charge in [0.05, 0.1) is 37.6 Å². The Labute approximate surface area is 197 Å². The molecule has 3 N–H and O–H groups in total. The second kappa shape index (κ2) is 10.3. The van der Waals surface area contributed by atoms with E-state index >= 15 is 0 Å². The standard InChI is InChI=1S/C24H27N5O5/c1-16(30)25-17-6-8-18(9-7-17)26-22(31)14-21-24(33)27-19-4-2-3-5-20(19)29(21)15-23(32)28-10-12-34-13-11-28/h2-9,21H,10-15H2,1H3,(H,25,30)(H,26,31)(H,27,33)/t21-/m0/s1. The Morgan fingerprint density at radius 3 is 2.32 bits per heavy atom. The largest absolute Gasteiger partial charge is 0.378 e. The molecule has 0 saturated carbocycles. The highest BCUT2D eigenvalue weighted by atomic mass is 16.5. The van der Waals surface area contributed by atoms with Crippen LogP contribution in [0.15, 0.2) is 48.5 Å². The van der Waals surface area contributed by atoms with E-state index in [1.165, 1.54) is 6.92 Å². The first kappa shape index (κ1) is 23.2. The van der Waals surface area contributed by atoms with Gasteiger partial charge in [0.25, 0.3) is 0 Å². The Bertz CT molecular complexity index is 1080. The fourth-order valence-electron chi connectivity index (χ4n) is 4.04. The minimum Gasteiger partial charge on any atom is -0.378 e. The summed E-state index contributed by atoms with van der Waals surface area (Å²) >= 11 is 0. The molecule has 178 valence electrons. The number of carbonyl (C=O) groups excluding carboxylic acids is 4. The van der Waals surface area contributed by atoms with Crippen molar-refractivity contribution in [2.45, 2.75) is 19.4 Å². The fraction of sp³-hybridized carbons (Fsp3) is 0.333. The number of rotatable bonds is 6. The van der Waals surface area contributed by atoms with Crippen molar-refractivity contribution >= 4 is 46.4 Å². The van der Waals surface area contributed by atoms with E-state index in [2.05, 4.69) is 16.0 Å². The summed E-state index contributed by atoms with van der Waals surface area (Å²) in [6, 6.07) is 13.1. The number of anilines is 4. The SMILES string of the molecule is CC(=O)Nc1ccc(NC(=O)C[C@H]2C(=O)Nc3ccccc3N2CC(=O)N2CCOCC2)cc1. The van der Waals surface area contributed by atoms with E-state index in [0.29, 0.717) is 49.1 Å². The predicted octanol–water partition coefficient (Wildman–Crippen LogP) is 1.66. The van der Waals surface area contributed by atoms with Crippen LogP contribution in [0.5, 0.6) is 0 Å². The van der Waals surface area contributed by atoms with Crippen molar-refractivity contribution in [1.82, 2.24) is 4.90 Å². The molecule has 2 heterocycles. The van der Waals surface area contributed by atoms with E-state index in [4.69, 9.17) is 4.74 Å². The van der Waals surface area contributed by atoms with Crippen LogP contribution in [0.1, 0.15) is 13.3 Å². The Kier molecular flexibility index (Phi) is 7.07. The van der Waals surface area contributed by atoms with Crippen LogP contribution in [0.4, 0.5) is 22.7 Å². The highest BCUT2D eigenvalue weighted by Gasteiger charge is 2.36. The van der Waals surface area contributed by atoms with Gasteiger partial charge in [-0.3, -0.25) is 19.2 Å². The lowest BCUT2D eigenvalue weighted by Gasteiger charge is -2.38. The molecule has 2 aromatic carbocycles.